The van der Waals surface area contributed by atoms with Crippen LogP contribution in [0.2, 0.25) is 0 Å². The molecule has 0 spiro atoms. The molecule has 0 saturated heterocycles. The maximum absolute atomic E-state index is 11.8. The molecule has 30 heavy (non-hydrogen) atoms. The summed E-state index contributed by atoms with van der Waals surface area (Å²) in [4.78, 5) is 32.8. The Morgan fingerprint density at radius 2 is 0.967 bits per heavy atom. The molecular formula is C23H30O7. The average Bonchev–Trinajstić information content (AvgIpc) is 2.68. The predicted molar refractivity (Wildman–Crippen MR) is 111 cm³/mol. The van der Waals surface area contributed by atoms with E-state index < -0.39 is 17.4 Å². The molecule has 0 amide bonds. The fourth-order valence-electron chi connectivity index (χ4n) is 1.95. The third-order valence-electron chi connectivity index (χ3n) is 3.34. The maximum atomic E-state index is 11.8. The van der Waals surface area contributed by atoms with Gasteiger partial charge in [0.05, 0.1) is 0 Å². The Kier molecular flexibility index (Phi) is 8.08. The van der Waals surface area contributed by atoms with E-state index in [1.165, 1.54) is 0 Å². The molecular weight excluding hydrogens is 388 g/mol. The van der Waals surface area contributed by atoms with Gasteiger partial charge in [0.2, 0.25) is 0 Å². The van der Waals surface area contributed by atoms with Gasteiger partial charge in [-0.25, -0.2) is 4.79 Å². The van der Waals surface area contributed by atoms with E-state index in [4.69, 9.17) is 29.0 Å². The quantitative estimate of drug-likeness (QED) is 0.307. The van der Waals surface area contributed by atoms with Crippen molar-refractivity contribution in [2.24, 2.45) is 0 Å². The molecule has 0 aliphatic heterocycles. The summed E-state index contributed by atoms with van der Waals surface area (Å²) in [5, 5.41) is 0. The van der Waals surface area contributed by atoms with Crippen LogP contribution in [0.25, 0.3) is 0 Å². The first-order valence-electron chi connectivity index (χ1n) is 9.69. The van der Waals surface area contributed by atoms with E-state index in [1.807, 2.05) is 41.5 Å². The molecule has 0 aliphatic rings. The van der Waals surface area contributed by atoms with Crippen LogP contribution in [-0.4, -0.2) is 17.4 Å². The lowest BCUT2D eigenvalue weighted by atomic mass is 10.2. The first-order chi connectivity index (χ1) is 14.0. The van der Waals surface area contributed by atoms with Crippen molar-refractivity contribution in [3.05, 3.63) is 59.7 Å². The predicted octanol–water partition coefficient (Wildman–Crippen LogP) is 5.76. The van der Waals surface area contributed by atoms with Gasteiger partial charge in [-0.15, -0.1) is 0 Å². The van der Waals surface area contributed by atoms with Crippen LogP contribution in [0.1, 0.15) is 52.7 Å². The van der Waals surface area contributed by atoms with Gasteiger partial charge >= 0.3 is 6.16 Å². The van der Waals surface area contributed by atoms with E-state index in [0.717, 1.165) is 11.1 Å². The lowest BCUT2D eigenvalue weighted by Gasteiger charge is -2.17. The SMILES string of the molecule is CC(C)(C)OOc1ccc(COC(=O)OCc2ccc(OOC(C)(C)C)cc2)cc1. The first kappa shape index (κ1) is 23.5. The number of hydrogen-bond donors (Lipinski definition) is 0. The molecule has 164 valence electrons. The molecule has 2 rings (SSSR count). The summed E-state index contributed by atoms with van der Waals surface area (Å²) in [7, 11) is 0. The minimum atomic E-state index is -0.747. The summed E-state index contributed by atoms with van der Waals surface area (Å²) in [6.45, 7) is 11.5. The number of rotatable bonds is 8. The van der Waals surface area contributed by atoms with Crippen molar-refractivity contribution in [2.45, 2.75) is 66.0 Å². The summed E-state index contributed by atoms with van der Waals surface area (Å²) >= 11 is 0. The molecule has 0 N–H and O–H groups in total. The summed E-state index contributed by atoms with van der Waals surface area (Å²) < 4.78 is 10.3. The largest absolute Gasteiger partial charge is 0.508 e. The molecule has 0 heterocycles. The molecule has 0 saturated carbocycles. The molecule has 7 nitrogen and oxygen atoms in total. The minimum Gasteiger partial charge on any atom is -0.429 e. The van der Waals surface area contributed by atoms with Gasteiger partial charge in [0.1, 0.15) is 24.4 Å². The molecule has 0 fully saturated rings. The minimum absolute atomic E-state index is 0.0934. The van der Waals surface area contributed by atoms with Gasteiger partial charge in [-0.3, -0.25) is 0 Å². The van der Waals surface area contributed by atoms with Crippen LogP contribution in [0.15, 0.2) is 48.5 Å². The van der Waals surface area contributed by atoms with Crippen LogP contribution in [0.4, 0.5) is 4.79 Å². The third-order valence-corrected chi connectivity index (χ3v) is 3.34. The summed E-state index contributed by atoms with van der Waals surface area (Å²) in [6.07, 6.45) is -0.747. The van der Waals surface area contributed by atoms with Gasteiger partial charge in [-0.1, -0.05) is 24.3 Å². The molecule has 2 aromatic carbocycles. The van der Waals surface area contributed by atoms with E-state index in [9.17, 15) is 4.79 Å². The van der Waals surface area contributed by atoms with Gasteiger partial charge in [0.15, 0.2) is 11.5 Å². The highest BCUT2D eigenvalue weighted by molar-refractivity contribution is 5.60. The monoisotopic (exact) mass is 418 g/mol. The molecule has 0 unspecified atom stereocenters. The van der Waals surface area contributed by atoms with Crippen molar-refractivity contribution in [2.75, 3.05) is 0 Å². The van der Waals surface area contributed by atoms with E-state index in [0.29, 0.717) is 11.5 Å². The van der Waals surface area contributed by atoms with Gasteiger partial charge in [-0.05, 0) is 76.9 Å². The Hall–Kier alpha value is -2.77. The van der Waals surface area contributed by atoms with Gasteiger partial charge in [-0.2, -0.15) is 9.78 Å². The number of carbonyl (C=O) groups is 1. The fraction of sp³-hybridized carbons (Fsp3) is 0.435. The van der Waals surface area contributed by atoms with Crippen molar-refractivity contribution in [3.63, 3.8) is 0 Å². The van der Waals surface area contributed by atoms with Gasteiger partial charge < -0.3 is 19.2 Å². The Balaban J connectivity index is 1.71. The average molecular weight is 418 g/mol. The van der Waals surface area contributed by atoms with Crippen molar-refractivity contribution < 1.29 is 33.8 Å². The van der Waals surface area contributed by atoms with Crippen LogP contribution < -0.4 is 9.78 Å². The van der Waals surface area contributed by atoms with Crippen LogP contribution in [-0.2, 0) is 32.5 Å². The van der Waals surface area contributed by atoms with Crippen molar-refractivity contribution in [3.8, 4) is 11.5 Å². The number of carbonyl (C=O) groups excluding carboxylic acids is 1. The molecule has 0 aromatic heterocycles. The van der Waals surface area contributed by atoms with Crippen molar-refractivity contribution in [1.29, 1.82) is 0 Å². The molecule has 0 atom stereocenters. The van der Waals surface area contributed by atoms with Gasteiger partial charge in [0.25, 0.3) is 0 Å². The topological polar surface area (TPSA) is 72.5 Å². The summed E-state index contributed by atoms with van der Waals surface area (Å²) in [5.41, 5.74) is 0.795. The molecule has 2 aromatic rings. The number of hydrogen-bond acceptors (Lipinski definition) is 7. The van der Waals surface area contributed by atoms with Gasteiger partial charge in [0, 0.05) is 0 Å². The molecule has 0 aliphatic carbocycles. The number of ether oxygens (including phenoxy) is 2. The van der Waals surface area contributed by atoms with E-state index >= 15 is 0 Å². The third kappa shape index (κ3) is 9.62. The second kappa shape index (κ2) is 10.3. The fourth-order valence-corrected chi connectivity index (χ4v) is 1.95. The normalized spacial score (nSPS) is 11.7. The van der Waals surface area contributed by atoms with Crippen molar-refractivity contribution in [1.82, 2.24) is 0 Å². The zero-order valence-corrected chi connectivity index (χ0v) is 18.4. The Morgan fingerprint density at radius 1 is 0.633 bits per heavy atom. The van der Waals surface area contributed by atoms with Crippen LogP contribution in [0, 0.1) is 0 Å². The van der Waals surface area contributed by atoms with Crippen LogP contribution in [0.3, 0.4) is 0 Å². The summed E-state index contributed by atoms with van der Waals surface area (Å²) in [6, 6.07) is 14.1. The Morgan fingerprint density at radius 3 is 1.27 bits per heavy atom. The smallest absolute Gasteiger partial charge is 0.429 e. The van der Waals surface area contributed by atoms with E-state index in [1.54, 1.807) is 48.5 Å². The van der Waals surface area contributed by atoms with E-state index in [2.05, 4.69) is 0 Å². The zero-order chi connectivity index (χ0) is 22.2. The molecule has 0 bridgehead atoms. The Labute approximate surface area is 177 Å². The number of benzene rings is 2. The van der Waals surface area contributed by atoms with Crippen molar-refractivity contribution >= 4 is 6.16 Å². The van der Waals surface area contributed by atoms with Crippen LogP contribution >= 0.6 is 0 Å². The first-order valence-corrected chi connectivity index (χ1v) is 9.69. The second-order valence-corrected chi connectivity index (χ2v) is 8.67. The second-order valence-electron chi connectivity index (χ2n) is 8.67. The lowest BCUT2D eigenvalue weighted by molar-refractivity contribution is -0.274. The molecule has 0 radical (unpaired) electrons. The maximum Gasteiger partial charge on any atom is 0.508 e. The highest BCUT2D eigenvalue weighted by atomic mass is 17.2. The highest BCUT2D eigenvalue weighted by Crippen LogP contribution is 2.18. The Bertz CT molecular complexity index is 717. The van der Waals surface area contributed by atoms with Crippen LogP contribution in [0.5, 0.6) is 11.5 Å². The lowest BCUT2D eigenvalue weighted by Crippen LogP contribution is -2.21. The van der Waals surface area contributed by atoms with E-state index in [-0.39, 0.29) is 13.2 Å². The highest BCUT2D eigenvalue weighted by Gasteiger charge is 2.13. The zero-order valence-electron chi connectivity index (χ0n) is 18.4. The molecule has 7 heteroatoms. The standard InChI is InChI=1S/C23H30O7/c1-22(2,3)29-27-19-11-7-17(8-12-19)15-25-21(24)26-16-18-9-13-20(14-10-18)28-30-23(4,5)6/h7-14H,15-16H2,1-6H3. The summed E-state index contributed by atoms with van der Waals surface area (Å²) in [5.74, 6) is 1.13.